The molecule has 0 fully saturated rings. The molecule has 28 heavy (non-hydrogen) atoms. The highest BCUT2D eigenvalue weighted by Crippen LogP contribution is 2.26. The maximum absolute atomic E-state index is 14.1. The van der Waals surface area contributed by atoms with E-state index in [9.17, 15) is 18.0 Å². The number of nitrogens with zero attached hydrogens (tertiary/aromatic N) is 2. The molecule has 0 radical (unpaired) electrons. The Morgan fingerprint density at radius 1 is 1.21 bits per heavy atom. The number of hydrogen-bond acceptors (Lipinski definition) is 4. The summed E-state index contributed by atoms with van der Waals surface area (Å²) < 4.78 is 41.4. The van der Waals surface area contributed by atoms with Crippen molar-refractivity contribution in [1.29, 1.82) is 0 Å². The quantitative estimate of drug-likeness (QED) is 0.576. The first-order chi connectivity index (χ1) is 13.3. The number of hydrogen-bond donors (Lipinski definition) is 3. The van der Waals surface area contributed by atoms with Gasteiger partial charge in [-0.25, -0.2) is 18.2 Å². The summed E-state index contributed by atoms with van der Waals surface area (Å²) in [5, 5.41) is 5.25. The lowest BCUT2D eigenvalue weighted by atomic mass is 10.1. The summed E-state index contributed by atoms with van der Waals surface area (Å²) in [6, 6.07) is 4.38. The maximum Gasteiger partial charge on any atom is 0.257 e. The van der Waals surface area contributed by atoms with Gasteiger partial charge < -0.3 is 20.5 Å². The number of imidazole rings is 1. The van der Waals surface area contributed by atoms with Crippen molar-refractivity contribution in [3.63, 3.8) is 0 Å². The van der Waals surface area contributed by atoms with Gasteiger partial charge in [0, 0.05) is 18.8 Å². The van der Waals surface area contributed by atoms with Gasteiger partial charge in [0.2, 0.25) is 5.95 Å². The van der Waals surface area contributed by atoms with E-state index in [1.54, 1.807) is 0 Å². The number of anilines is 2. The molecular formula is C18H17ClF3N5O. The van der Waals surface area contributed by atoms with Crippen LogP contribution in [-0.2, 0) is 0 Å². The highest BCUT2D eigenvalue weighted by Gasteiger charge is 2.21. The number of aromatic amines is 1. The Labute approximate surface area is 163 Å². The topological polar surface area (TPSA) is 73.1 Å². The van der Waals surface area contributed by atoms with Gasteiger partial charge in [0.05, 0.1) is 16.1 Å². The van der Waals surface area contributed by atoms with Crippen LogP contribution in [0.25, 0.3) is 11.0 Å². The van der Waals surface area contributed by atoms with Crippen molar-refractivity contribution in [2.75, 3.05) is 37.8 Å². The molecule has 6 nitrogen and oxygen atoms in total. The zero-order valence-electron chi connectivity index (χ0n) is 15.0. The second-order valence-electron chi connectivity index (χ2n) is 6.34. The van der Waals surface area contributed by atoms with Gasteiger partial charge in [0.1, 0.15) is 11.3 Å². The molecule has 0 aliphatic carbocycles. The number of rotatable bonds is 6. The molecule has 0 atom stereocenters. The predicted molar refractivity (Wildman–Crippen MR) is 102 cm³/mol. The standard InChI is InChI=1S/C18H17ClF3N5O/c1-27(2)6-5-23-18-25-15-10(8-13(21)14(22)16(15)26-18)17(28)24-9-3-4-12(20)11(19)7-9/h3-4,7-8H,5-6H2,1-2H3,(H,24,28)(H2,23,25,26). The molecule has 1 aromatic heterocycles. The van der Waals surface area contributed by atoms with E-state index in [2.05, 4.69) is 20.6 Å². The molecule has 0 aliphatic heterocycles. The molecule has 3 aromatic rings. The number of likely N-dealkylation sites (N-methyl/N-ethyl adjacent to an activating group) is 1. The van der Waals surface area contributed by atoms with E-state index in [1.165, 1.54) is 12.1 Å². The predicted octanol–water partition coefficient (Wildman–Crippen LogP) is 3.86. The third-order valence-electron chi connectivity index (χ3n) is 3.94. The molecule has 1 heterocycles. The van der Waals surface area contributed by atoms with E-state index in [-0.39, 0.29) is 33.3 Å². The average molecular weight is 412 g/mol. The molecule has 10 heteroatoms. The van der Waals surface area contributed by atoms with Crippen molar-refractivity contribution in [1.82, 2.24) is 14.9 Å². The molecule has 2 aromatic carbocycles. The van der Waals surface area contributed by atoms with Gasteiger partial charge in [-0.05, 0) is 38.4 Å². The molecule has 0 bridgehead atoms. The average Bonchev–Trinajstić information content (AvgIpc) is 3.05. The lowest BCUT2D eigenvalue weighted by molar-refractivity contribution is 0.102. The van der Waals surface area contributed by atoms with Crippen LogP contribution >= 0.6 is 11.6 Å². The zero-order chi connectivity index (χ0) is 20.4. The van der Waals surface area contributed by atoms with Gasteiger partial charge in [-0.1, -0.05) is 11.6 Å². The van der Waals surface area contributed by atoms with Gasteiger partial charge in [-0.2, -0.15) is 0 Å². The first-order valence-corrected chi connectivity index (χ1v) is 8.66. The SMILES string of the molecule is CN(C)CCNc1nc2c(F)c(F)cc(C(=O)Nc3ccc(F)c(Cl)c3)c2[nH]1. The van der Waals surface area contributed by atoms with Crippen molar-refractivity contribution in [2.45, 2.75) is 0 Å². The third kappa shape index (κ3) is 4.20. The lowest BCUT2D eigenvalue weighted by Gasteiger charge is -2.09. The maximum atomic E-state index is 14.1. The van der Waals surface area contributed by atoms with E-state index in [4.69, 9.17) is 11.6 Å². The first kappa shape index (κ1) is 20.0. The van der Waals surface area contributed by atoms with Crippen molar-refractivity contribution >= 4 is 40.2 Å². The number of nitrogens with one attached hydrogen (secondary N) is 3. The minimum atomic E-state index is -1.21. The van der Waals surface area contributed by atoms with Crippen molar-refractivity contribution < 1.29 is 18.0 Å². The molecule has 1 amide bonds. The van der Waals surface area contributed by atoms with Crippen LogP contribution in [0.5, 0.6) is 0 Å². The molecule has 0 aliphatic rings. The minimum Gasteiger partial charge on any atom is -0.355 e. The number of carbonyl (C=O) groups is 1. The second-order valence-corrected chi connectivity index (χ2v) is 6.75. The fourth-order valence-electron chi connectivity index (χ4n) is 2.54. The van der Waals surface area contributed by atoms with Crippen molar-refractivity contribution in [2.24, 2.45) is 0 Å². The van der Waals surface area contributed by atoms with Gasteiger partial charge in [0.25, 0.3) is 5.91 Å². The molecule has 3 N–H and O–H groups in total. The third-order valence-corrected chi connectivity index (χ3v) is 4.23. The van der Waals surface area contributed by atoms with Crippen LogP contribution in [0, 0.1) is 17.5 Å². The van der Waals surface area contributed by atoms with Crippen LogP contribution in [0.15, 0.2) is 24.3 Å². The van der Waals surface area contributed by atoms with Crippen LogP contribution in [0.1, 0.15) is 10.4 Å². The number of H-pyrrole nitrogens is 1. The number of benzene rings is 2. The van der Waals surface area contributed by atoms with Gasteiger partial charge >= 0.3 is 0 Å². The highest BCUT2D eigenvalue weighted by molar-refractivity contribution is 6.31. The fourth-order valence-corrected chi connectivity index (χ4v) is 2.72. The van der Waals surface area contributed by atoms with E-state index in [1.807, 2.05) is 19.0 Å². The minimum absolute atomic E-state index is 0.0389. The summed E-state index contributed by atoms with van der Waals surface area (Å²) in [5.41, 5.74) is -0.202. The summed E-state index contributed by atoms with van der Waals surface area (Å²) >= 11 is 5.69. The van der Waals surface area contributed by atoms with Crippen LogP contribution < -0.4 is 10.6 Å². The van der Waals surface area contributed by atoms with E-state index in [0.717, 1.165) is 12.1 Å². The number of amides is 1. The van der Waals surface area contributed by atoms with Gasteiger partial charge in [0.15, 0.2) is 11.6 Å². The zero-order valence-corrected chi connectivity index (χ0v) is 15.8. The molecule has 0 saturated heterocycles. The van der Waals surface area contributed by atoms with Gasteiger partial charge in [-0.15, -0.1) is 0 Å². The molecular weight excluding hydrogens is 395 g/mol. The Kier molecular flexibility index (Phi) is 5.76. The van der Waals surface area contributed by atoms with E-state index in [0.29, 0.717) is 13.1 Å². The smallest absolute Gasteiger partial charge is 0.257 e. The molecule has 0 saturated carbocycles. The molecule has 0 unspecified atom stereocenters. The number of fused-ring (bicyclic) bond motifs is 1. The summed E-state index contributed by atoms with van der Waals surface area (Å²) in [6.07, 6.45) is 0. The summed E-state index contributed by atoms with van der Waals surface area (Å²) in [5.74, 6) is -3.53. The van der Waals surface area contributed by atoms with Crippen molar-refractivity contribution in [3.05, 3.63) is 52.3 Å². The van der Waals surface area contributed by atoms with Gasteiger partial charge in [-0.3, -0.25) is 4.79 Å². The Balaban J connectivity index is 1.92. The lowest BCUT2D eigenvalue weighted by Crippen LogP contribution is -2.21. The Morgan fingerprint density at radius 2 is 1.96 bits per heavy atom. The molecule has 0 spiro atoms. The van der Waals surface area contributed by atoms with Crippen molar-refractivity contribution in [3.8, 4) is 0 Å². The highest BCUT2D eigenvalue weighted by atomic mass is 35.5. The summed E-state index contributed by atoms with van der Waals surface area (Å²) in [4.78, 5) is 21.3. The van der Waals surface area contributed by atoms with Crippen LogP contribution in [-0.4, -0.2) is 48.0 Å². The van der Waals surface area contributed by atoms with E-state index >= 15 is 0 Å². The monoisotopic (exact) mass is 411 g/mol. The summed E-state index contributed by atoms with van der Waals surface area (Å²) in [7, 11) is 3.78. The Hall–Kier alpha value is -2.78. The first-order valence-electron chi connectivity index (χ1n) is 8.29. The molecule has 3 rings (SSSR count). The van der Waals surface area contributed by atoms with Crippen LogP contribution in [0.3, 0.4) is 0 Å². The Morgan fingerprint density at radius 3 is 2.64 bits per heavy atom. The Bertz CT molecular complexity index is 1040. The summed E-state index contributed by atoms with van der Waals surface area (Å²) in [6.45, 7) is 1.19. The number of halogens is 4. The van der Waals surface area contributed by atoms with E-state index < -0.39 is 23.4 Å². The second kappa shape index (κ2) is 8.07. The number of aromatic nitrogens is 2. The van der Waals surface area contributed by atoms with Crippen LogP contribution in [0.4, 0.5) is 24.8 Å². The normalized spacial score (nSPS) is 11.2. The molecule has 148 valence electrons. The largest absolute Gasteiger partial charge is 0.355 e. The van der Waals surface area contributed by atoms with Crippen LogP contribution in [0.2, 0.25) is 5.02 Å². The number of carbonyl (C=O) groups excluding carboxylic acids is 1. The fraction of sp³-hybridized carbons (Fsp3) is 0.222.